The Labute approximate surface area is 167 Å². The van der Waals surface area contributed by atoms with Gasteiger partial charge in [0.2, 0.25) is 0 Å². The number of nitrogens with one attached hydrogen (secondary N) is 3. The maximum Gasteiger partial charge on any atom is 0.251 e. The highest BCUT2D eigenvalue weighted by atomic mass is 16.1. The minimum Gasteiger partial charge on any atom is -0.384 e. The van der Waals surface area contributed by atoms with Gasteiger partial charge in [0.15, 0.2) is 0 Å². The van der Waals surface area contributed by atoms with Crippen molar-refractivity contribution in [3.63, 3.8) is 0 Å². The quantitative estimate of drug-likeness (QED) is 0.576. The van der Waals surface area contributed by atoms with Crippen LogP contribution in [0, 0.1) is 6.92 Å². The van der Waals surface area contributed by atoms with E-state index >= 15 is 0 Å². The van der Waals surface area contributed by atoms with Crippen LogP contribution in [-0.4, -0.2) is 43.0 Å². The fourth-order valence-corrected chi connectivity index (χ4v) is 2.60. The van der Waals surface area contributed by atoms with E-state index in [2.05, 4.69) is 40.2 Å². The second-order valence-electron chi connectivity index (χ2n) is 6.72. The molecule has 1 aromatic carbocycles. The van der Waals surface area contributed by atoms with Crippen molar-refractivity contribution < 1.29 is 4.79 Å². The van der Waals surface area contributed by atoms with Crippen molar-refractivity contribution in [3.8, 4) is 0 Å². The summed E-state index contributed by atoms with van der Waals surface area (Å²) >= 11 is 0. The van der Waals surface area contributed by atoms with Crippen molar-refractivity contribution in [2.45, 2.75) is 20.3 Å². The van der Waals surface area contributed by atoms with Gasteiger partial charge < -0.3 is 20.9 Å². The van der Waals surface area contributed by atoms with Crippen LogP contribution in [0.2, 0.25) is 0 Å². The Bertz CT molecular complexity index is 869. The van der Waals surface area contributed by atoms with Crippen molar-refractivity contribution in [1.29, 1.82) is 0 Å². The van der Waals surface area contributed by atoms with Gasteiger partial charge in [0, 0.05) is 31.9 Å². The number of likely N-dealkylation sites (N-methyl/N-ethyl adjacent to an activating group) is 1. The van der Waals surface area contributed by atoms with Gasteiger partial charge in [-0.2, -0.15) is 0 Å². The molecule has 1 heterocycles. The van der Waals surface area contributed by atoms with E-state index in [-0.39, 0.29) is 5.91 Å². The highest BCUT2D eigenvalue weighted by Gasteiger charge is 2.08. The number of hydrogen-bond acceptors (Lipinski definition) is 5. The van der Waals surface area contributed by atoms with Gasteiger partial charge >= 0.3 is 0 Å². The SMILES string of the molecule is C=C=C(CNC(=O)c1cccc(Nc2cc(C)c(NCCC)cn2)c1)N(C)C. The first-order chi connectivity index (χ1) is 13.4. The molecular formula is C22H29N5O. The largest absolute Gasteiger partial charge is 0.384 e. The van der Waals surface area contributed by atoms with E-state index in [4.69, 9.17) is 0 Å². The molecule has 1 aromatic heterocycles. The molecule has 6 nitrogen and oxygen atoms in total. The number of anilines is 3. The molecule has 0 aliphatic carbocycles. The minimum absolute atomic E-state index is 0.151. The van der Waals surface area contributed by atoms with Crippen molar-refractivity contribution in [1.82, 2.24) is 15.2 Å². The molecule has 28 heavy (non-hydrogen) atoms. The van der Waals surface area contributed by atoms with Gasteiger partial charge in [-0.25, -0.2) is 4.98 Å². The van der Waals surface area contributed by atoms with Crippen molar-refractivity contribution in [2.24, 2.45) is 0 Å². The molecule has 0 fully saturated rings. The molecule has 0 saturated carbocycles. The maximum absolute atomic E-state index is 12.4. The van der Waals surface area contributed by atoms with Crippen LogP contribution in [0.1, 0.15) is 29.3 Å². The molecule has 2 aromatic rings. The van der Waals surface area contributed by atoms with Gasteiger partial charge in [0.05, 0.1) is 24.1 Å². The number of aromatic nitrogens is 1. The van der Waals surface area contributed by atoms with Crippen LogP contribution in [0.25, 0.3) is 0 Å². The Kier molecular flexibility index (Phi) is 7.66. The predicted molar refractivity (Wildman–Crippen MR) is 116 cm³/mol. The third kappa shape index (κ3) is 5.89. The van der Waals surface area contributed by atoms with E-state index in [1.807, 2.05) is 56.4 Å². The molecule has 148 valence electrons. The number of aryl methyl sites for hydroxylation is 1. The lowest BCUT2D eigenvalue weighted by Crippen LogP contribution is -2.29. The van der Waals surface area contributed by atoms with Crippen molar-refractivity contribution in [3.05, 3.63) is 65.7 Å². The van der Waals surface area contributed by atoms with Crippen LogP contribution < -0.4 is 16.0 Å². The highest BCUT2D eigenvalue weighted by Crippen LogP contribution is 2.21. The summed E-state index contributed by atoms with van der Waals surface area (Å²) in [6.07, 6.45) is 2.89. The zero-order chi connectivity index (χ0) is 20.5. The van der Waals surface area contributed by atoms with Gasteiger partial charge in [-0.05, 0) is 43.2 Å². The fraction of sp³-hybridized carbons (Fsp3) is 0.318. The van der Waals surface area contributed by atoms with Crippen LogP contribution in [0.4, 0.5) is 17.2 Å². The number of benzene rings is 1. The summed E-state index contributed by atoms with van der Waals surface area (Å²) in [5, 5.41) is 9.50. The molecule has 3 N–H and O–H groups in total. The van der Waals surface area contributed by atoms with Gasteiger partial charge in [0.1, 0.15) is 5.82 Å². The molecule has 0 aliphatic rings. The van der Waals surface area contributed by atoms with E-state index < -0.39 is 0 Å². The Morgan fingerprint density at radius 3 is 2.71 bits per heavy atom. The number of nitrogens with zero attached hydrogens (tertiary/aromatic N) is 2. The number of amides is 1. The fourth-order valence-electron chi connectivity index (χ4n) is 2.60. The number of pyridine rings is 1. The zero-order valence-electron chi connectivity index (χ0n) is 17.1. The molecule has 1 amide bonds. The van der Waals surface area contributed by atoms with Crippen LogP contribution in [-0.2, 0) is 0 Å². The van der Waals surface area contributed by atoms with E-state index in [1.165, 1.54) is 0 Å². The number of carbonyl (C=O) groups excluding carboxylic acids is 1. The molecule has 0 unspecified atom stereocenters. The predicted octanol–water partition coefficient (Wildman–Crippen LogP) is 3.92. The summed E-state index contributed by atoms with van der Waals surface area (Å²) in [6, 6.07) is 9.33. The Morgan fingerprint density at radius 2 is 2.07 bits per heavy atom. The summed E-state index contributed by atoms with van der Waals surface area (Å²) < 4.78 is 0. The smallest absolute Gasteiger partial charge is 0.251 e. The summed E-state index contributed by atoms with van der Waals surface area (Å²) in [6.45, 7) is 9.12. The monoisotopic (exact) mass is 379 g/mol. The topological polar surface area (TPSA) is 69.3 Å². The molecule has 0 aliphatic heterocycles. The lowest BCUT2D eigenvalue weighted by Gasteiger charge is -2.15. The number of hydrogen-bond donors (Lipinski definition) is 3. The molecular weight excluding hydrogens is 350 g/mol. The lowest BCUT2D eigenvalue weighted by molar-refractivity contribution is 0.0955. The minimum atomic E-state index is -0.151. The van der Waals surface area contributed by atoms with Gasteiger partial charge in [-0.1, -0.05) is 19.6 Å². The first-order valence-corrected chi connectivity index (χ1v) is 9.36. The normalized spacial score (nSPS) is 10.0. The third-order valence-electron chi connectivity index (χ3n) is 4.23. The van der Waals surface area contributed by atoms with Crippen LogP contribution in [0.5, 0.6) is 0 Å². The van der Waals surface area contributed by atoms with Crippen molar-refractivity contribution >= 4 is 23.1 Å². The summed E-state index contributed by atoms with van der Waals surface area (Å²) in [7, 11) is 3.78. The second kappa shape index (κ2) is 10.2. The second-order valence-corrected chi connectivity index (χ2v) is 6.72. The molecule has 0 atom stereocenters. The molecule has 0 bridgehead atoms. The highest BCUT2D eigenvalue weighted by molar-refractivity contribution is 5.95. The Hall–Kier alpha value is -3.24. The van der Waals surface area contributed by atoms with Crippen LogP contribution >= 0.6 is 0 Å². The van der Waals surface area contributed by atoms with Crippen LogP contribution in [0.15, 0.2) is 54.5 Å². The van der Waals surface area contributed by atoms with Gasteiger partial charge in [-0.15, -0.1) is 5.73 Å². The molecule has 0 radical (unpaired) electrons. The number of rotatable bonds is 9. The standard InChI is InChI=1S/C22H29N5O/c1-6-11-23-20-15-24-21(12-16(20)3)26-18-10-8-9-17(13-18)22(28)25-14-19(7-2)27(4)5/h8-10,12-13,15,23H,2,6,11,14H2,1,3-5H3,(H,24,26)(H,25,28). The summed E-state index contributed by atoms with van der Waals surface area (Å²) in [5.74, 6) is 0.586. The first kappa shape index (κ1) is 21.1. The Morgan fingerprint density at radius 1 is 1.29 bits per heavy atom. The van der Waals surface area contributed by atoms with E-state index in [1.54, 1.807) is 6.07 Å². The first-order valence-electron chi connectivity index (χ1n) is 9.36. The van der Waals surface area contributed by atoms with E-state index in [9.17, 15) is 4.79 Å². The molecule has 0 saturated heterocycles. The average molecular weight is 380 g/mol. The lowest BCUT2D eigenvalue weighted by atomic mass is 10.2. The number of carbonyl (C=O) groups is 1. The molecule has 2 rings (SSSR count). The van der Waals surface area contributed by atoms with Crippen molar-refractivity contribution in [2.75, 3.05) is 37.8 Å². The van der Waals surface area contributed by atoms with Crippen LogP contribution in [0.3, 0.4) is 0 Å². The average Bonchev–Trinajstić information content (AvgIpc) is 2.67. The Balaban J connectivity index is 2.05. The van der Waals surface area contributed by atoms with Gasteiger partial charge in [-0.3, -0.25) is 4.79 Å². The van der Waals surface area contributed by atoms with Gasteiger partial charge in [0.25, 0.3) is 5.91 Å². The summed E-state index contributed by atoms with van der Waals surface area (Å²) in [4.78, 5) is 18.8. The zero-order valence-corrected chi connectivity index (χ0v) is 17.1. The molecule has 0 spiro atoms. The molecule has 6 heteroatoms. The van der Waals surface area contributed by atoms with E-state index in [0.29, 0.717) is 12.1 Å². The summed E-state index contributed by atoms with van der Waals surface area (Å²) in [5.41, 5.74) is 7.18. The third-order valence-corrected chi connectivity index (χ3v) is 4.23. The van der Waals surface area contributed by atoms with E-state index in [0.717, 1.165) is 41.4 Å². The maximum atomic E-state index is 12.4.